The lowest BCUT2D eigenvalue weighted by molar-refractivity contribution is 0.479. The van der Waals surface area contributed by atoms with Gasteiger partial charge < -0.3 is 10.5 Å². The van der Waals surface area contributed by atoms with Gasteiger partial charge in [-0.3, -0.25) is 0 Å². The Labute approximate surface area is 120 Å². The van der Waals surface area contributed by atoms with Crippen LogP contribution in [0.15, 0.2) is 46.9 Å². The first kappa shape index (κ1) is 13.6. The Balaban J connectivity index is 2.21. The monoisotopic (exact) mass is 316 g/mol. The number of benzene rings is 2. The van der Waals surface area contributed by atoms with Crippen LogP contribution >= 0.6 is 15.9 Å². The number of hydrogen-bond donors (Lipinski definition) is 1. The second-order valence-corrected chi connectivity index (χ2v) is 5.07. The van der Waals surface area contributed by atoms with E-state index in [1.807, 2.05) is 25.1 Å². The van der Waals surface area contributed by atoms with Gasteiger partial charge >= 0.3 is 0 Å². The van der Waals surface area contributed by atoms with E-state index >= 15 is 0 Å². The summed E-state index contributed by atoms with van der Waals surface area (Å²) in [6, 6.07) is 14.8. The highest BCUT2D eigenvalue weighted by atomic mass is 79.9. The molecule has 2 rings (SSSR count). The van der Waals surface area contributed by atoms with Crippen molar-refractivity contribution in [1.82, 2.24) is 0 Å². The minimum Gasteiger partial charge on any atom is -0.456 e. The third-order valence-electron chi connectivity index (χ3n) is 2.69. The van der Waals surface area contributed by atoms with Gasteiger partial charge in [0.2, 0.25) is 0 Å². The van der Waals surface area contributed by atoms with Crippen LogP contribution in [0, 0.1) is 11.3 Å². The largest absolute Gasteiger partial charge is 0.456 e. The predicted molar refractivity (Wildman–Crippen MR) is 78.0 cm³/mol. The molecule has 2 N–H and O–H groups in total. The Morgan fingerprint density at radius 1 is 1.21 bits per heavy atom. The van der Waals surface area contributed by atoms with Crippen molar-refractivity contribution in [3.8, 4) is 17.6 Å². The van der Waals surface area contributed by atoms with E-state index < -0.39 is 0 Å². The van der Waals surface area contributed by atoms with Crippen molar-refractivity contribution in [2.24, 2.45) is 5.73 Å². The van der Waals surface area contributed by atoms with Gasteiger partial charge in [0.1, 0.15) is 11.5 Å². The smallest absolute Gasteiger partial charge is 0.141 e. The fraction of sp³-hybridized carbons (Fsp3) is 0.133. The molecule has 0 amide bonds. The highest BCUT2D eigenvalue weighted by Gasteiger charge is 2.06. The number of nitriles is 1. The van der Waals surface area contributed by atoms with E-state index in [9.17, 15) is 0 Å². The molecule has 2 aromatic rings. The fourth-order valence-electron chi connectivity index (χ4n) is 1.61. The Kier molecular flexibility index (Phi) is 4.20. The maximum absolute atomic E-state index is 8.73. The predicted octanol–water partition coefficient (Wildman–Crippen LogP) is 4.13. The van der Waals surface area contributed by atoms with Crippen LogP contribution in [0.3, 0.4) is 0 Å². The molecule has 19 heavy (non-hydrogen) atoms. The van der Waals surface area contributed by atoms with Crippen molar-refractivity contribution in [3.63, 3.8) is 0 Å². The van der Waals surface area contributed by atoms with E-state index in [0.29, 0.717) is 17.1 Å². The number of ether oxygens (including phenoxy) is 1. The fourth-order valence-corrected chi connectivity index (χ4v) is 2.09. The molecule has 0 aliphatic heterocycles. The maximum atomic E-state index is 8.73. The second kappa shape index (κ2) is 5.87. The average Bonchev–Trinajstić information content (AvgIpc) is 2.41. The molecular formula is C15H13BrN2O. The van der Waals surface area contributed by atoms with Gasteiger partial charge in [-0.2, -0.15) is 5.26 Å². The Bertz CT molecular complexity index is 615. The van der Waals surface area contributed by atoms with Crippen molar-refractivity contribution in [1.29, 1.82) is 5.26 Å². The van der Waals surface area contributed by atoms with E-state index in [4.69, 9.17) is 15.7 Å². The molecule has 0 unspecified atom stereocenters. The first-order valence-electron chi connectivity index (χ1n) is 5.83. The van der Waals surface area contributed by atoms with Gasteiger partial charge in [0.05, 0.1) is 16.1 Å². The highest BCUT2D eigenvalue weighted by molar-refractivity contribution is 9.10. The standard InChI is InChI=1S/C15H13BrN2O/c1-10(18)12-4-7-15(14(16)8-12)19-13-5-2-11(9-17)3-6-13/h2-8,10H,18H2,1H3/t10-/m1/s1. The van der Waals surface area contributed by atoms with Crippen LogP contribution in [0.2, 0.25) is 0 Å². The van der Waals surface area contributed by atoms with Gasteiger partial charge in [0.15, 0.2) is 0 Å². The van der Waals surface area contributed by atoms with Crippen LogP contribution in [0.5, 0.6) is 11.5 Å². The van der Waals surface area contributed by atoms with Crippen molar-refractivity contribution in [2.45, 2.75) is 13.0 Å². The van der Waals surface area contributed by atoms with Crippen molar-refractivity contribution in [2.75, 3.05) is 0 Å². The van der Waals surface area contributed by atoms with Crippen LogP contribution in [-0.4, -0.2) is 0 Å². The van der Waals surface area contributed by atoms with E-state index in [-0.39, 0.29) is 6.04 Å². The van der Waals surface area contributed by atoms with Gasteiger partial charge in [0.25, 0.3) is 0 Å². The van der Waals surface area contributed by atoms with Crippen LogP contribution in [0.1, 0.15) is 24.1 Å². The summed E-state index contributed by atoms with van der Waals surface area (Å²) in [5, 5.41) is 8.73. The first-order chi connectivity index (χ1) is 9.10. The van der Waals surface area contributed by atoms with E-state index in [0.717, 1.165) is 10.0 Å². The van der Waals surface area contributed by atoms with Gasteiger partial charge in [-0.1, -0.05) is 6.07 Å². The second-order valence-electron chi connectivity index (χ2n) is 4.22. The van der Waals surface area contributed by atoms with Crippen LogP contribution in [-0.2, 0) is 0 Å². The number of nitrogens with zero attached hydrogens (tertiary/aromatic N) is 1. The summed E-state index contributed by atoms with van der Waals surface area (Å²) in [6.07, 6.45) is 0. The maximum Gasteiger partial charge on any atom is 0.141 e. The molecule has 0 spiro atoms. The minimum atomic E-state index is -0.0136. The lowest BCUT2D eigenvalue weighted by Crippen LogP contribution is -2.04. The topological polar surface area (TPSA) is 59.0 Å². The quantitative estimate of drug-likeness (QED) is 0.926. The molecule has 96 valence electrons. The summed E-state index contributed by atoms with van der Waals surface area (Å²) < 4.78 is 6.60. The Morgan fingerprint density at radius 3 is 2.42 bits per heavy atom. The van der Waals surface area contributed by atoms with Crippen molar-refractivity contribution in [3.05, 3.63) is 58.1 Å². The molecule has 1 atom stereocenters. The Hall–Kier alpha value is -1.83. The summed E-state index contributed by atoms with van der Waals surface area (Å²) in [5.41, 5.74) is 7.48. The van der Waals surface area contributed by atoms with Crippen LogP contribution in [0.25, 0.3) is 0 Å². The summed E-state index contributed by atoms with van der Waals surface area (Å²) >= 11 is 3.47. The van der Waals surface area contributed by atoms with E-state index in [2.05, 4.69) is 22.0 Å². The number of halogens is 1. The molecule has 0 aliphatic rings. The zero-order chi connectivity index (χ0) is 13.8. The molecule has 0 aromatic heterocycles. The van der Waals surface area contributed by atoms with Crippen molar-refractivity contribution < 1.29 is 4.74 Å². The average molecular weight is 317 g/mol. The molecule has 0 saturated heterocycles. The SMILES string of the molecule is C[C@@H](N)c1ccc(Oc2ccc(C#N)cc2)c(Br)c1. The van der Waals surface area contributed by atoms with Crippen molar-refractivity contribution >= 4 is 15.9 Å². The lowest BCUT2D eigenvalue weighted by atomic mass is 10.1. The zero-order valence-electron chi connectivity index (χ0n) is 10.4. The summed E-state index contributed by atoms with van der Waals surface area (Å²) in [7, 11) is 0. The lowest BCUT2D eigenvalue weighted by Gasteiger charge is -2.11. The molecule has 4 heteroatoms. The number of hydrogen-bond acceptors (Lipinski definition) is 3. The third-order valence-corrected chi connectivity index (χ3v) is 3.31. The number of rotatable bonds is 3. The highest BCUT2D eigenvalue weighted by Crippen LogP contribution is 2.31. The molecule has 0 fully saturated rings. The normalized spacial score (nSPS) is 11.7. The molecule has 0 aliphatic carbocycles. The van der Waals surface area contributed by atoms with Crippen LogP contribution < -0.4 is 10.5 Å². The summed E-state index contributed by atoms with van der Waals surface area (Å²) in [6.45, 7) is 1.93. The van der Waals surface area contributed by atoms with Gasteiger partial charge in [-0.25, -0.2) is 0 Å². The van der Waals surface area contributed by atoms with Gasteiger partial charge in [-0.05, 0) is 64.8 Å². The van der Waals surface area contributed by atoms with E-state index in [1.165, 1.54) is 0 Å². The summed E-state index contributed by atoms with van der Waals surface area (Å²) in [5.74, 6) is 1.40. The van der Waals surface area contributed by atoms with E-state index in [1.54, 1.807) is 24.3 Å². The molecule has 3 nitrogen and oxygen atoms in total. The molecule has 0 bridgehead atoms. The molecule has 0 heterocycles. The molecule has 2 aromatic carbocycles. The molecule has 0 radical (unpaired) electrons. The van der Waals surface area contributed by atoms with Crippen LogP contribution in [0.4, 0.5) is 0 Å². The molecule has 0 saturated carbocycles. The number of nitrogens with two attached hydrogens (primary N) is 1. The first-order valence-corrected chi connectivity index (χ1v) is 6.62. The van der Waals surface area contributed by atoms with Gasteiger partial charge in [0, 0.05) is 6.04 Å². The Morgan fingerprint density at radius 2 is 1.89 bits per heavy atom. The molecular weight excluding hydrogens is 304 g/mol. The minimum absolute atomic E-state index is 0.0136. The summed E-state index contributed by atoms with van der Waals surface area (Å²) in [4.78, 5) is 0. The van der Waals surface area contributed by atoms with Gasteiger partial charge in [-0.15, -0.1) is 0 Å². The third kappa shape index (κ3) is 3.34. The zero-order valence-corrected chi connectivity index (χ0v) is 12.0.